The minimum atomic E-state index is -2.40. The second kappa shape index (κ2) is 7.57. The summed E-state index contributed by atoms with van der Waals surface area (Å²) in [6.07, 6.45) is 4.51. The smallest absolute Gasteiger partial charge is 0.377 e. The van der Waals surface area contributed by atoms with Crippen LogP contribution in [0.15, 0.2) is 12.4 Å². The molecule has 0 fully saturated rings. The van der Waals surface area contributed by atoms with E-state index in [0.717, 1.165) is 31.4 Å². The van der Waals surface area contributed by atoms with Gasteiger partial charge in [0.05, 0.1) is 6.54 Å². The number of nitrogens with zero attached hydrogens (tertiary/aromatic N) is 1. The molecule has 0 aliphatic carbocycles. The van der Waals surface area contributed by atoms with E-state index in [0.29, 0.717) is 0 Å². The summed E-state index contributed by atoms with van der Waals surface area (Å²) in [5, 5.41) is 3.29. The molecule has 0 bridgehead atoms. The third-order valence-electron chi connectivity index (χ3n) is 2.62. The molecule has 0 amide bonds. The maximum atomic E-state index is 5.34. The van der Waals surface area contributed by atoms with E-state index in [2.05, 4.69) is 15.3 Å². The molecular weight excluding hydrogens is 238 g/mol. The first-order valence-electron chi connectivity index (χ1n) is 5.61. The lowest BCUT2D eigenvalue weighted by atomic mass is 10.4. The molecule has 0 aliphatic rings. The second-order valence-electron chi connectivity index (χ2n) is 3.61. The summed E-state index contributed by atoms with van der Waals surface area (Å²) in [4.78, 5) is 7.17. The maximum Gasteiger partial charge on any atom is 0.500 e. The van der Waals surface area contributed by atoms with Crippen LogP contribution in [0.25, 0.3) is 0 Å². The lowest BCUT2D eigenvalue weighted by Crippen LogP contribution is -2.43. The van der Waals surface area contributed by atoms with Crippen LogP contribution >= 0.6 is 0 Å². The van der Waals surface area contributed by atoms with E-state index >= 15 is 0 Å². The van der Waals surface area contributed by atoms with Crippen LogP contribution in [0.5, 0.6) is 0 Å². The number of aromatic nitrogens is 2. The number of hydrogen-bond acceptors (Lipinski definition) is 5. The zero-order valence-electron chi connectivity index (χ0n) is 10.7. The molecule has 98 valence electrons. The van der Waals surface area contributed by atoms with Crippen LogP contribution in [-0.2, 0) is 19.8 Å². The molecular formula is C10H21N3O3Si. The molecule has 1 rings (SSSR count). The number of aromatic amines is 1. The summed E-state index contributed by atoms with van der Waals surface area (Å²) in [5.41, 5.74) is 0. The van der Waals surface area contributed by atoms with Gasteiger partial charge in [0.25, 0.3) is 0 Å². The fourth-order valence-electron chi connectivity index (χ4n) is 1.59. The van der Waals surface area contributed by atoms with Crippen LogP contribution in [0.2, 0.25) is 6.04 Å². The predicted octanol–water partition coefficient (Wildman–Crippen LogP) is 0.767. The van der Waals surface area contributed by atoms with Crippen molar-refractivity contribution in [1.82, 2.24) is 15.3 Å². The van der Waals surface area contributed by atoms with E-state index in [4.69, 9.17) is 13.3 Å². The number of imidazole rings is 1. The predicted molar refractivity (Wildman–Crippen MR) is 66.5 cm³/mol. The van der Waals surface area contributed by atoms with Gasteiger partial charge in [0.15, 0.2) is 0 Å². The van der Waals surface area contributed by atoms with Crippen molar-refractivity contribution in [3.05, 3.63) is 18.2 Å². The molecule has 7 heteroatoms. The Kier molecular flexibility index (Phi) is 6.38. The first-order valence-corrected chi connectivity index (χ1v) is 7.54. The fourth-order valence-corrected chi connectivity index (χ4v) is 3.31. The van der Waals surface area contributed by atoms with Gasteiger partial charge in [-0.15, -0.1) is 0 Å². The molecule has 1 aromatic rings. The van der Waals surface area contributed by atoms with Crippen LogP contribution in [0, 0.1) is 0 Å². The first-order chi connectivity index (χ1) is 8.26. The van der Waals surface area contributed by atoms with E-state index in [1.54, 1.807) is 27.5 Å². The Morgan fingerprint density at radius 2 is 2.00 bits per heavy atom. The number of nitrogens with one attached hydrogen (secondary N) is 2. The lowest BCUT2D eigenvalue weighted by Gasteiger charge is -2.24. The van der Waals surface area contributed by atoms with Crippen LogP contribution in [-0.4, -0.2) is 46.6 Å². The SMILES string of the molecule is CO[Si](CCCNCc1ncc[nH]1)(OC)OC. The Morgan fingerprint density at radius 1 is 1.29 bits per heavy atom. The van der Waals surface area contributed by atoms with Gasteiger partial charge in [0.1, 0.15) is 5.82 Å². The summed E-state index contributed by atoms with van der Waals surface area (Å²) in [5.74, 6) is 0.943. The summed E-state index contributed by atoms with van der Waals surface area (Å²) in [6, 6.07) is 0.807. The Morgan fingerprint density at radius 3 is 2.53 bits per heavy atom. The van der Waals surface area contributed by atoms with Crippen molar-refractivity contribution in [2.75, 3.05) is 27.9 Å². The molecule has 0 spiro atoms. The average molecular weight is 259 g/mol. The average Bonchev–Trinajstić information content (AvgIpc) is 2.88. The van der Waals surface area contributed by atoms with Gasteiger partial charge in [-0.2, -0.15) is 0 Å². The Labute approximate surface area is 103 Å². The fraction of sp³-hybridized carbons (Fsp3) is 0.700. The highest BCUT2D eigenvalue weighted by Crippen LogP contribution is 2.14. The van der Waals surface area contributed by atoms with E-state index in [9.17, 15) is 0 Å². The summed E-state index contributed by atoms with van der Waals surface area (Å²) in [7, 11) is 2.51. The van der Waals surface area contributed by atoms with Crippen molar-refractivity contribution in [3.8, 4) is 0 Å². The molecule has 0 unspecified atom stereocenters. The van der Waals surface area contributed by atoms with Gasteiger partial charge in [-0.1, -0.05) is 0 Å². The minimum absolute atomic E-state index is 0.745. The van der Waals surface area contributed by atoms with Crippen LogP contribution < -0.4 is 5.32 Å². The third kappa shape index (κ3) is 4.56. The normalized spacial score (nSPS) is 11.9. The van der Waals surface area contributed by atoms with Crippen molar-refractivity contribution in [1.29, 1.82) is 0 Å². The monoisotopic (exact) mass is 259 g/mol. The largest absolute Gasteiger partial charge is 0.500 e. The van der Waals surface area contributed by atoms with Gasteiger partial charge < -0.3 is 23.6 Å². The van der Waals surface area contributed by atoms with Crippen molar-refractivity contribution in [2.45, 2.75) is 19.0 Å². The van der Waals surface area contributed by atoms with E-state index in [1.807, 2.05) is 6.20 Å². The Bertz CT molecular complexity index is 283. The molecule has 1 heterocycles. The Hall–Kier alpha value is -0.733. The van der Waals surface area contributed by atoms with Gasteiger partial charge in [-0.05, 0) is 13.0 Å². The third-order valence-corrected chi connectivity index (χ3v) is 5.45. The van der Waals surface area contributed by atoms with Gasteiger partial charge >= 0.3 is 8.80 Å². The molecule has 17 heavy (non-hydrogen) atoms. The minimum Gasteiger partial charge on any atom is -0.377 e. The van der Waals surface area contributed by atoms with E-state index in [-0.39, 0.29) is 0 Å². The summed E-state index contributed by atoms with van der Waals surface area (Å²) in [6.45, 7) is 1.63. The van der Waals surface area contributed by atoms with Crippen molar-refractivity contribution < 1.29 is 13.3 Å². The number of H-pyrrole nitrogens is 1. The summed E-state index contributed by atoms with van der Waals surface area (Å²) < 4.78 is 16.0. The molecule has 1 aromatic heterocycles. The zero-order valence-corrected chi connectivity index (χ0v) is 11.7. The Balaban J connectivity index is 2.14. The second-order valence-corrected chi connectivity index (χ2v) is 6.70. The van der Waals surface area contributed by atoms with Gasteiger partial charge in [0, 0.05) is 39.8 Å². The quantitative estimate of drug-likeness (QED) is 0.506. The van der Waals surface area contributed by atoms with E-state index < -0.39 is 8.80 Å². The molecule has 0 saturated heterocycles. The molecule has 0 saturated carbocycles. The molecule has 6 nitrogen and oxygen atoms in total. The van der Waals surface area contributed by atoms with Crippen LogP contribution in [0.4, 0.5) is 0 Å². The standard InChI is InChI=1S/C10H21N3O3Si/c1-14-17(15-2,16-3)8-4-5-11-9-10-12-6-7-13-10/h6-7,11H,4-5,8-9H2,1-3H3,(H,12,13). The highest BCUT2D eigenvalue weighted by molar-refractivity contribution is 6.60. The van der Waals surface area contributed by atoms with Gasteiger partial charge in [-0.3, -0.25) is 0 Å². The van der Waals surface area contributed by atoms with Crippen molar-refractivity contribution in [3.63, 3.8) is 0 Å². The molecule has 0 radical (unpaired) electrons. The van der Waals surface area contributed by atoms with Crippen LogP contribution in [0.3, 0.4) is 0 Å². The van der Waals surface area contributed by atoms with Crippen molar-refractivity contribution >= 4 is 8.80 Å². The highest BCUT2D eigenvalue weighted by atomic mass is 28.4. The number of rotatable bonds is 9. The molecule has 0 aromatic carbocycles. The van der Waals surface area contributed by atoms with Gasteiger partial charge in [0.2, 0.25) is 0 Å². The van der Waals surface area contributed by atoms with Gasteiger partial charge in [-0.25, -0.2) is 4.98 Å². The molecule has 0 aliphatic heterocycles. The first kappa shape index (κ1) is 14.3. The zero-order chi connectivity index (χ0) is 12.6. The lowest BCUT2D eigenvalue weighted by molar-refractivity contribution is 0.123. The summed E-state index contributed by atoms with van der Waals surface area (Å²) >= 11 is 0. The maximum absolute atomic E-state index is 5.34. The molecule has 2 N–H and O–H groups in total. The van der Waals surface area contributed by atoms with Crippen LogP contribution in [0.1, 0.15) is 12.2 Å². The number of hydrogen-bond donors (Lipinski definition) is 2. The molecule has 0 atom stereocenters. The topological polar surface area (TPSA) is 68.4 Å². The highest BCUT2D eigenvalue weighted by Gasteiger charge is 2.36. The van der Waals surface area contributed by atoms with Crippen molar-refractivity contribution in [2.24, 2.45) is 0 Å². The van der Waals surface area contributed by atoms with E-state index in [1.165, 1.54) is 0 Å².